The maximum absolute atomic E-state index is 8.86. The molecular formula is C13H21NO2. The van der Waals surface area contributed by atoms with Crippen LogP contribution < -0.4 is 4.74 Å². The van der Waals surface area contributed by atoms with Crippen molar-refractivity contribution in [3.05, 3.63) is 29.8 Å². The lowest BCUT2D eigenvalue weighted by Gasteiger charge is -2.19. The number of likely N-dealkylation sites (N-methyl/N-ethyl adjacent to an activating group) is 1. The Morgan fingerprint density at radius 1 is 1.31 bits per heavy atom. The zero-order valence-electron chi connectivity index (χ0n) is 10.3. The van der Waals surface area contributed by atoms with Gasteiger partial charge >= 0.3 is 0 Å². The number of aliphatic hydroxyl groups excluding tert-OH is 1. The molecule has 0 saturated carbocycles. The van der Waals surface area contributed by atoms with E-state index >= 15 is 0 Å². The molecule has 1 aromatic rings. The lowest BCUT2D eigenvalue weighted by Crippen LogP contribution is -2.22. The first kappa shape index (κ1) is 13.0. The van der Waals surface area contributed by atoms with Gasteiger partial charge in [0.25, 0.3) is 0 Å². The van der Waals surface area contributed by atoms with E-state index in [4.69, 9.17) is 9.84 Å². The van der Waals surface area contributed by atoms with Gasteiger partial charge in [0.15, 0.2) is 0 Å². The third-order valence-corrected chi connectivity index (χ3v) is 2.26. The second-order valence-corrected chi connectivity index (χ2v) is 4.24. The molecule has 0 heterocycles. The van der Waals surface area contributed by atoms with Crippen molar-refractivity contribution in [1.82, 2.24) is 4.90 Å². The molecular weight excluding hydrogens is 202 g/mol. The highest BCUT2D eigenvalue weighted by atomic mass is 16.5. The van der Waals surface area contributed by atoms with Crippen molar-refractivity contribution in [3.63, 3.8) is 0 Å². The number of rotatable bonds is 6. The molecule has 1 rings (SSSR count). The van der Waals surface area contributed by atoms with Gasteiger partial charge < -0.3 is 9.84 Å². The molecule has 1 N–H and O–H groups in total. The van der Waals surface area contributed by atoms with Crippen molar-refractivity contribution >= 4 is 0 Å². The van der Waals surface area contributed by atoms with Gasteiger partial charge in [-0.15, -0.1) is 0 Å². The first-order valence-electron chi connectivity index (χ1n) is 5.67. The third kappa shape index (κ3) is 4.21. The molecule has 0 fully saturated rings. The summed E-state index contributed by atoms with van der Waals surface area (Å²) in [6.45, 7) is 5.70. The number of para-hydroxylation sites is 1. The average molecular weight is 223 g/mol. The Kier molecular flexibility index (Phi) is 5.29. The van der Waals surface area contributed by atoms with Crippen molar-refractivity contribution in [2.45, 2.75) is 26.5 Å². The number of aliphatic hydroxyl groups is 1. The lowest BCUT2D eigenvalue weighted by molar-refractivity contribution is 0.209. The minimum Gasteiger partial charge on any atom is -0.491 e. The molecule has 0 spiro atoms. The Morgan fingerprint density at radius 3 is 2.62 bits per heavy atom. The van der Waals surface area contributed by atoms with Crippen LogP contribution in [0.2, 0.25) is 0 Å². The van der Waals surface area contributed by atoms with E-state index in [2.05, 4.69) is 11.0 Å². The fourth-order valence-electron chi connectivity index (χ4n) is 1.54. The highest BCUT2D eigenvalue weighted by Crippen LogP contribution is 2.20. The van der Waals surface area contributed by atoms with Crippen LogP contribution in [-0.4, -0.2) is 36.3 Å². The molecule has 16 heavy (non-hydrogen) atoms. The monoisotopic (exact) mass is 223 g/mol. The molecule has 0 aliphatic carbocycles. The van der Waals surface area contributed by atoms with Gasteiger partial charge in [-0.05, 0) is 27.0 Å². The van der Waals surface area contributed by atoms with Crippen LogP contribution >= 0.6 is 0 Å². The average Bonchev–Trinajstić information content (AvgIpc) is 2.20. The minimum atomic E-state index is 0.184. The molecule has 0 bridgehead atoms. The normalized spacial score (nSPS) is 11.1. The maximum Gasteiger partial charge on any atom is 0.124 e. The van der Waals surface area contributed by atoms with E-state index in [9.17, 15) is 0 Å². The minimum absolute atomic E-state index is 0.184. The molecule has 0 radical (unpaired) electrons. The van der Waals surface area contributed by atoms with Crippen molar-refractivity contribution in [2.24, 2.45) is 0 Å². The quantitative estimate of drug-likeness (QED) is 0.799. The SMILES string of the molecule is CC(C)Oc1ccccc1CN(C)CCO. The summed E-state index contributed by atoms with van der Waals surface area (Å²) in [6.07, 6.45) is 0.185. The smallest absolute Gasteiger partial charge is 0.124 e. The van der Waals surface area contributed by atoms with E-state index in [1.165, 1.54) is 0 Å². The van der Waals surface area contributed by atoms with E-state index in [1.807, 2.05) is 39.1 Å². The second kappa shape index (κ2) is 6.51. The summed E-state index contributed by atoms with van der Waals surface area (Å²) in [6, 6.07) is 8.04. The summed E-state index contributed by atoms with van der Waals surface area (Å²) in [4.78, 5) is 2.07. The Balaban J connectivity index is 2.70. The van der Waals surface area contributed by atoms with E-state index in [-0.39, 0.29) is 12.7 Å². The van der Waals surface area contributed by atoms with Gasteiger partial charge in [0.2, 0.25) is 0 Å². The molecule has 3 nitrogen and oxygen atoms in total. The Labute approximate surface area is 97.7 Å². The van der Waals surface area contributed by atoms with Crippen LogP contribution in [0.25, 0.3) is 0 Å². The van der Waals surface area contributed by atoms with Crippen molar-refractivity contribution < 1.29 is 9.84 Å². The highest BCUT2D eigenvalue weighted by molar-refractivity contribution is 5.33. The maximum atomic E-state index is 8.86. The van der Waals surface area contributed by atoms with Gasteiger partial charge in [-0.3, -0.25) is 4.90 Å². The van der Waals surface area contributed by atoms with Crippen LogP contribution in [-0.2, 0) is 6.54 Å². The van der Waals surface area contributed by atoms with Gasteiger partial charge in [0.1, 0.15) is 5.75 Å². The number of benzene rings is 1. The van der Waals surface area contributed by atoms with Gasteiger partial charge in [-0.1, -0.05) is 18.2 Å². The zero-order valence-corrected chi connectivity index (χ0v) is 10.3. The predicted molar refractivity (Wildman–Crippen MR) is 65.6 cm³/mol. The van der Waals surface area contributed by atoms with E-state index in [0.29, 0.717) is 6.54 Å². The van der Waals surface area contributed by atoms with E-state index in [1.54, 1.807) is 0 Å². The van der Waals surface area contributed by atoms with Crippen LogP contribution in [0, 0.1) is 0 Å². The number of hydrogen-bond acceptors (Lipinski definition) is 3. The topological polar surface area (TPSA) is 32.7 Å². The summed E-state index contributed by atoms with van der Waals surface area (Å²) in [7, 11) is 1.99. The molecule has 0 aromatic heterocycles. The summed E-state index contributed by atoms with van der Waals surface area (Å²) in [5.74, 6) is 0.933. The molecule has 0 amide bonds. The summed E-state index contributed by atoms with van der Waals surface area (Å²) >= 11 is 0. The number of nitrogens with zero attached hydrogens (tertiary/aromatic N) is 1. The lowest BCUT2D eigenvalue weighted by atomic mass is 10.2. The van der Waals surface area contributed by atoms with E-state index < -0.39 is 0 Å². The van der Waals surface area contributed by atoms with Crippen LogP contribution in [0.15, 0.2) is 24.3 Å². The Morgan fingerprint density at radius 2 is 2.00 bits per heavy atom. The van der Waals surface area contributed by atoms with Crippen LogP contribution in [0.5, 0.6) is 5.75 Å². The van der Waals surface area contributed by atoms with E-state index in [0.717, 1.165) is 17.9 Å². The van der Waals surface area contributed by atoms with Gasteiger partial charge in [0.05, 0.1) is 12.7 Å². The summed E-state index contributed by atoms with van der Waals surface area (Å²) in [5.41, 5.74) is 1.16. The number of ether oxygens (including phenoxy) is 1. The molecule has 1 aromatic carbocycles. The van der Waals surface area contributed by atoms with Crippen molar-refractivity contribution in [3.8, 4) is 5.75 Å². The van der Waals surface area contributed by atoms with Gasteiger partial charge in [-0.2, -0.15) is 0 Å². The van der Waals surface area contributed by atoms with Crippen LogP contribution in [0.4, 0.5) is 0 Å². The van der Waals surface area contributed by atoms with Crippen LogP contribution in [0.3, 0.4) is 0 Å². The molecule has 3 heteroatoms. The van der Waals surface area contributed by atoms with Crippen molar-refractivity contribution in [1.29, 1.82) is 0 Å². The molecule has 0 atom stereocenters. The van der Waals surface area contributed by atoms with Gasteiger partial charge in [0, 0.05) is 18.7 Å². The standard InChI is InChI=1S/C13H21NO2/c1-11(2)16-13-7-5-4-6-12(13)10-14(3)8-9-15/h4-7,11,15H,8-10H2,1-3H3. The molecule has 90 valence electrons. The number of hydrogen-bond donors (Lipinski definition) is 1. The Hall–Kier alpha value is -1.06. The highest BCUT2D eigenvalue weighted by Gasteiger charge is 2.07. The molecule has 0 aliphatic heterocycles. The summed E-state index contributed by atoms with van der Waals surface area (Å²) < 4.78 is 5.74. The van der Waals surface area contributed by atoms with Gasteiger partial charge in [-0.25, -0.2) is 0 Å². The fraction of sp³-hybridized carbons (Fsp3) is 0.538. The molecule has 0 aliphatic rings. The Bertz CT molecular complexity index is 313. The third-order valence-electron chi connectivity index (χ3n) is 2.26. The fourth-order valence-corrected chi connectivity index (χ4v) is 1.54. The first-order valence-corrected chi connectivity index (χ1v) is 5.67. The zero-order chi connectivity index (χ0) is 12.0. The second-order valence-electron chi connectivity index (χ2n) is 4.24. The van der Waals surface area contributed by atoms with Crippen LogP contribution in [0.1, 0.15) is 19.4 Å². The largest absolute Gasteiger partial charge is 0.491 e. The molecule has 0 saturated heterocycles. The molecule has 0 unspecified atom stereocenters. The van der Waals surface area contributed by atoms with Crippen molar-refractivity contribution in [2.75, 3.05) is 20.2 Å². The first-order chi connectivity index (χ1) is 7.63. The predicted octanol–water partition coefficient (Wildman–Crippen LogP) is 1.90. The summed E-state index contributed by atoms with van der Waals surface area (Å²) in [5, 5.41) is 8.86.